The van der Waals surface area contributed by atoms with Gasteiger partial charge in [-0.25, -0.2) is 0 Å². The van der Waals surface area contributed by atoms with Crippen molar-refractivity contribution in [2.24, 2.45) is 5.92 Å². The summed E-state index contributed by atoms with van der Waals surface area (Å²) < 4.78 is 1.97. The van der Waals surface area contributed by atoms with E-state index in [1.807, 2.05) is 27.9 Å². The van der Waals surface area contributed by atoms with Crippen LogP contribution in [-0.2, 0) is 11.3 Å². The van der Waals surface area contributed by atoms with Crippen LogP contribution in [0.15, 0.2) is 24.4 Å². The molecule has 1 aromatic carbocycles. The molecule has 5 nitrogen and oxygen atoms in total. The van der Waals surface area contributed by atoms with Gasteiger partial charge in [-0.3, -0.25) is 9.48 Å². The second-order valence-corrected chi connectivity index (χ2v) is 5.60. The number of carbonyl (C=O) groups is 1. The van der Waals surface area contributed by atoms with Crippen LogP contribution < -0.4 is 10.2 Å². The van der Waals surface area contributed by atoms with Crippen LogP contribution in [0.4, 0.5) is 5.69 Å². The van der Waals surface area contributed by atoms with Gasteiger partial charge in [-0.15, -0.1) is 0 Å². The molecule has 2 aliphatic rings. The monoisotopic (exact) mass is 270 g/mol. The summed E-state index contributed by atoms with van der Waals surface area (Å²) in [5, 5.41) is 8.80. The summed E-state index contributed by atoms with van der Waals surface area (Å²) in [4.78, 5) is 14.5. The highest BCUT2D eigenvalue weighted by Crippen LogP contribution is 2.34. The van der Waals surface area contributed by atoms with Crippen molar-refractivity contribution in [1.29, 1.82) is 0 Å². The molecule has 0 saturated carbocycles. The van der Waals surface area contributed by atoms with E-state index in [9.17, 15) is 4.79 Å². The zero-order chi connectivity index (χ0) is 13.7. The van der Waals surface area contributed by atoms with E-state index in [4.69, 9.17) is 0 Å². The number of benzene rings is 1. The van der Waals surface area contributed by atoms with E-state index in [1.165, 1.54) is 0 Å². The smallest absolute Gasteiger partial charge is 0.244 e. The van der Waals surface area contributed by atoms with Gasteiger partial charge in [0.25, 0.3) is 0 Å². The molecule has 2 saturated heterocycles. The van der Waals surface area contributed by atoms with E-state index in [-0.39, 0.29) is 11.9 Å². The minimum absolute atomic E-state index is 0.0199. The summed E-state index contributed by atoms with van der Waals surface area (Å²) in [7, 11) is 0. The first-order chi connectivity index (χ1) is 9.79. The topological polar surface area (TPSA) is 50.2 Å². The van der Waals surface area contributed by atoms with Crippen molar-refractivity contribution in [1.82, 2.24) is 15.1 Å². The van der Waals surface area contributed by atoms with Gasteiger partial charge in [-0.1, -0.05) is 6.07 Å². The fourth-order valence-corrected chi connectivity index (χ4v) is 3.53. The molecule has 2 aliphatic heterocycles. The van der Waals surface area contributed by atoms with E-state index >= 15 is 0 Å². The van der Waals surface area contributed by atoms with Crippen molar-refractivity contribution in [2.45, 2.75) is 25.9 Å². The first-order valence-electron chi connectivity index (χ1n) is 7.29. The second-order valence-electron chi connectivity index (χ2n) is 5.60. The Bertz CT molecular complexity index is 678. The van der Waals surface area contributed by atoms with Crippen molar-refractivity contribution in [3.63, 3.8) is 0 Å². The average molecular weight is 270 g/mol. The lowest BCUT2D eigenvalue weighted by atomic mass is 10.1. The average Bonchev–Trinajstić information content (AvgIpc) is 3.14. The molecule has 5 heteroatoms. The largest absolute Gasteiger partial charge is 0.310 e. The molecular formula is C15H18N4O. The molecule has 3 heterocycles. The van der Waals surface area contributed by atoms with Gasteiger partial charge in [0.1, 0.15) is 0 Å². The van der Waals surface area contributed by atoms with Crippen LogP contribution in [0.5, 0.6) is 0 Å². The number of hydrogen-bond acceptors (Lipinski definition) is 3. The summed E-state index contributed by atoms with van der Waals surface area (Å²) in [5.74, 6) is 0.670. The number of aryl methyl sites for hydroxylation is 1. The van der Waals surface area contributed by atoms with Gasteiger partial charge in [-0.05, 0) is 32.0 Å². The van der Waals surface area contributed by atoms with Gasteiger partial charge in [0.05, 0.1) is 23.4 Å². The highest BCUT2D eigenvalue weighted by Gasteiger charge is 2.43. The number of nitrogens with one attached hydrogen (secondary N) is 1. The van der Waals surface area contributed by atoms with Crippen LogP contribution in [0.3, 0.4) is 0 Å². The maximum absolute atomic E-state index is 12.5. The minimum atomic E-state index is 0.0199. The zero-order valence-electron chi connectivity index (χ0n) is 11.5. The number of nitrogens with zero attached hydrogens (tertiary/aromatic N) is 3. The number of amides is 1. The zero-order valence-corrected chi connectivity index (χ0v) is 11.5. The third-order valence-electron chi connectivity index (χ3n) is 4.55. The Kier molecular flexibility index (Phi) is 2.57. The summed E-state index contributed by atoms with van der Waals surface area (Å²) in [6.07, 6.45) is 2.97. The molecule has 0 bridgehead atoms. The number of anilines is 1. The van der Waals surface area contributed by atoms with E-state index in [0.29, 0.717) is 5.92 Å². The van der Waals surface area contributed by atoms with Crippen molar-refractivity contribution in [3.05, 3.63) is 24.4 Å². The fraction of sp³-hybridized carbons (Fsp3) is 0.467. The lowest BCUT2D eigenvalue weighted by Gasteiger charge is -2.18. The number of hydrogen-bond donors (Lipinski definition) is 1. The van der Waals surface area contributed by atoms with E-state index in [2.05, 4.69) is 23.4 Å². The van der Waals surface area contributed by atoms with Crippen LogP contribution in [0.2, 0.25) is 0 Å². The van der Waals surface area contributed by atoms with Crippen molar-refractivity contribution < 1.29 is 4.79 Å². The molecule has 1 N–H and O–H groups in total. The third kappa shape index (κ3) is 1.53. The maximum atomic E-state index is 12.5. The summed E-state index contributed by atoms with van der Waals surface area (Å²) >= 11 is 0. The van der Waals surface area contributed by atoms with E-state index < -0.39 is 0 Å². The minimum Gasteiger partial charge on any atom is -0.310 e. The predicted molar refractivity (Wildman–Crippen MR) is 77.7 cm³/mol. The SMILES string of the molecule is CCn1ncc2c(N3C[C@@H]4CCN[C@@H]4C3=O)cccc21. The lowest BCUT2D eigenvalue weighted by molar-refractivity contribution is -0.118. The molecule has 1 aromatic heterocycles. The molecule has 0 aliphatic carbocycles. The molecule has 104 valence electrons. The summed E-state index contributed by atoms with van der Waals surface area (Å²) in [5.41, 5.74) is 2.10. The highest BCUT2D eigenvalue weighted by molar-refractivity contribution is 6.06. The van der Waals surface area contributed by atoms with Gasteiger partial charge in [-0.2, -0.15) is 5.10 Å². The van der Waals surface area contributed by atoms with Crippen molar-refractivity contribution in [2.75, 3.05) is 18.0 Å². The van der Waals surface area contributed by atoms with Gasteiger partial charge in [0, 0.05) is 24.4 Å². The molecule has 0 spiro atoms. The summed E-state index contributed by atoms with van der Waals surface area (Å²) in [6.45, 7) is 4.71. The van der Waals surface area contributed by atoms with Crippen molar-refractivity contribution in [3.8, 4) is 0 Å². The van der Waals surface area contributed by atoms with Crippen molar-refractivity contribution >= 4 is 22.5 Å². The molecule has 0 unspecified atom stereocenters. The molecule has 1 amide bonds. The lowest BCUT2D eigenvalue weighted by Crippen LogP contribution is -2.36. The Labute approximate surface area is 117 Å². The van der Waals surface area contributed by atoms with Crippen LogP contribution in [0.1, 0.15) is 13.3 Å². The quantitative estimate of drug-likeness (QED) is 0.897. The van der Waals surface area contributed by atoms with Gasteiger partial charge < -0.3 is 10.2 Å². The Hall–Kier alpha value is -1.88. The number of fused-ring (bicyclic) bond motifs is 2. The van der Waals surface area contributed by atoms with Crippen LogP contribution in [-0.4, -0.2) is 34.8 Å². The van der Waals surface area contributed by atoms with E-state index in [0.717, 1.165) is 42.6 Å². The third-order valence-corrected chi connectivity index (χ3v) is 4.55. The molecule has 0 radical (unpaired) electrons. The molecule has 2 fully saturated rings. The molecule has 20 heavy (non-hydrogen) atoms. The Balaban J connectivity index is 1.79. The van der Waals surface area contributed by atoms with Gasteiger partial charge >= 0.3 is 0 Å². The Morgan fingerprint density at radius 2 is 2.35 bits per heavy atom. The van der Waals surface area contributed by atoms with Crippen LogP contribution in [0, 0.1) is 5.92 Å². The standard InChI is InChI=1S/C15H18N4O/c1-2-19-13-5-3-4-12(11(13)8-17-19)18-9-10-6-7-16-14(10)15(18)20/h3-5,8,10,14,16H,2,6-7,9H2,1H3/t10-,14-/m0/s1. The molecular weight excluding hydrogens is 252 g/mol. The first kappa shape index (κ1) is 11.9. The Morgan fingerprint density at radius 3 is 3.15 bits per heavy atom. The molecule has 4 rings (SSSR count). The van der Waals surface area contributed by atoms with Gasteiger partial charge in [0.2, 0.25) is 5.91 Å². The fourth-order valence-electron chi connectivity index (χ4n) is 3.53. The normalized spacial score (nSPS) is 25.6. The summed E-state index contributed by atoms with van der Waals surface area (Å²) in [6, 6.07) is 6.13. The van der Waals surface area contributed by atoms with E-state index in [1.54, 1.807) is 0 Å². The number of rotatable bonds is 2. The maximum Gasteiger partial charge on any atom is 0.244 e. The highest BCUT2D eigenvalue weighted by atomic mass is 16.2. The molecule has 2 aromatic rings. The second kappa shape index (κ2) is 4.31. The number of aromatic nitrogens is 2. The first-order valence-corrected chi connectivity index (χ1v) is 7.29. The van der Waals surface area contributed by atoms with Crippen LogP contribution in [0.25, 0.3) is 10.9 Å². The van der Waals surface area contributed by atoms with Gasteiger partial charge in [0.15, 0.2) is 0 Å². The predicted octanol–water partition coefficient (Wildman–Crippen LogP) is 1.38. The Morgan fingerprint density at radius 1 is 1.45 bits per heavy atom. The molecule has 2 atom stereocenters. The van der Waals surface area contributed by atoms with Crippen LogP contribution >= 0.6 is 0 Å². The number of carbonyl (C=O) groups excluding carboxylic acids is 1.